The third kappa shape index (κ3) is 2.72. The van der Waals surface area contributed by atoms with Crippen LogP contribution in [0.5, 0.6) is 0 Å². The van der Waals surface area contributed by atoms with Gasteiger partial charge in [-0.05, 0) is 44.4 Å². The van der Waals surface area contributed by atoms with Crippen LogP contribution >= 0.6 is 0 Å². The first kappa shape index (κ1) is 15.0. The molecule has 1 saturated carbocycles. The van der Waals surface area contributed by atoms with Gasteiger partial charge in [-0.25, -0.2) is 9.48 Å². The molecule has 23 heavy (non-hydrogen) atoms. The SMILES string of the molecule is O=C(Cn1nc2n(c1=O)CCCCC2)N1CCC[C@H]2CCC[C@@H]21. The first-order valence-electron chi connectivity index (χ1n) is 9.20. The van der Waals surface area contributed by atoms with E-state index in [1.54, 1.807) is 4.57 Å². The van der Waals surface area contributed by atoms with E-state index >= 15 is 0 Å². The predicted molar refractivity (Wildman–Crippen MR) is 86.1 cm³/mol. The molecule has 0 N–H and O–H groups in total. The number of aryl methyl sites for hydroxylation is 1. The molecule has 126 valence electrons. The molecule has 3 aliphatic rings. The van der Waals surface area contributed by atoms with E-state index in [9.17, 15) is 9.59 Å². The molecule has 2 aliphatic heterocycles. The average molecular weight is 318 g/mol. The highest BCUT2D eigenvalue weighted by molar-refractivity contribution is 5.76. The highest BCUT2D eigenvalue weighted by atomic mass is 16.2. The van der Waals surface area contributed by atoms with Crippen LogP contribution in [0.2, 0.25) is 0 Å². The number of carbonyl (C=O) groups excluding carboxylic acids is 1. The van der Waals surface area contributed by atoms with Crippen molar-refractivity contribution >= 4 is 5.91 Å². The van der Waals surface area contributed by atoms with Gasteiger partial charge in [0.05, 0.1) is 0 Å². The third-order valence-electron chi connectivity index (χ3n) is 5.88. The van der Waals surface area contributed by atoms with E-state index in [1.807, 2.05) is 4.90 Å². The van der Waals surface area contributed by atoms with Crippen LogP contribution < -0.4 is 5.69 Å². The molecule has 1 saturated heterocycles. The maximum atomic E-state index is 12.8. The van der Waals surface area contributed by atoms with Crippen molar-refractivity contribution < 1.29 is 4.79 Å². The lowest BCUT2D eigenvalue weighted by Gasteiger charge is -2.37. The van der Waals surface area contributed by atoms with Crippen molar-refractivity contribution in [2.45, 2.75) is 76.9 Å². The molecular weight excluding hydrogens is 292 g/mol. The summed E-state index contributed by atoms with van der Waals surface area (Å²) in [5.41, 5.74) is -0.102. The molecule has 0 aromatic carbocycles. The Balaban J connectivity index is 1.51. The Morgan fingerprint density at radius 1 is 1.04 bits per heavy atom. The van der Waals surface area contributed by atoms with Crippen LogP contribution in [-0.2, 0) is 24.3 Å². The summed E-state index contributed by atoms with van der Waals surface area (Å²) in [7, 11) is 0. The van der Waals surface area contributed by atoms with E-state index in [-0.39, 0.29) is 18.1 Å². The molecule has 0 radical (unpaired) electrons. The molecule has 0 spiro atoms. The number of fused-ring (bicyclic) bond motifs is 2. The number of nitrogens with zero attached hydrogens (tertiary/aromatic N) is 4. The quantitative estimate of drug-likeness (QED) is 0.831. The third-order valence-corrected chi connectivity index (χ3v) is 5.88. The summed E-state index contributed by atoms with van der Waals surface area (Å²) >= 11 is 0. The molecule has 1 aromatic heterocycles. The number of carbonyl (C=O) groups is 1. The smallest absolute Gasteiger partial charge is 0.338 e. The fourth-order valence-electron chi connectivity index (χ4n) is 4.71. The molecule has 0 bridgehead atoms. The van der Waals surface area contributed by atoms with Crippen LogP contribution in [0.4, 0.5) is 0 Å². The number of rotatable bonds is 2. The molecule has 0 unspecified atom stereocenters. The van der Waals surface area contributed by atoms with E-state index in [0.29, 0.717) is 12.0 Å². The Labute approximate surface area is 136 Å². The van der Waals surface area contributed by atoms with Gasteiger partial charge in [-0.2, -0.15) is 5.10 Å². The highest BCUT2D eigenvalue weighted by Gasteiger charge is 2.37. The Kier molecular flexibility index (Phi) is 3.99. The van der Waals surface area contributed by atoms with E-state index in [4.69, 9.17) is 0 Å². The fourth-order valence-corrected chi connectivity index (χ4v) is 4.71. The van der Waals surface area contributed by atoms with Crippen molar-refractivity contribution in [2.24, 2.45) is 5.92 Å². The van der Waals surface area contributed by atoms with Crippen molar-refractivity contribution in [3.63, 3.8) is 0 Å². The van der Waals surface area contributed by atoms with Gasteiger partial charge < -0.3 is 4.90 Å². The first-order valence-corrected chi connectivity index (χ1v) is 9.20. The molecule has 4 rings (SSSR count). The van der Waals surface area contributed by atoms with Gasteiger partial charge in [0, 0.05) is 25.6 Å². The van der Waals surface area contributed by atoms with Crippen molar-refractivity contribution in [1.29, 1.82) is 0 Å². The van der Waals surface area contributed by atoms with Gasteiger partial charge in [0.15, 0.2) is 0 Å². The molecule has 2 fully saturated rings. The number of amides is 1. The number of piperidine rings is 1. The van der Waals surface area contributed by atoms with Crippen molar-refractivity contribution in [2.75, 3.05) is 6.54 Å². The van der Waals surface area contributed by atoms with Crippen LogP contribution in [0.25, 0.3) is 0 Å². The summed E-state index contributed by atoms with van der Waals surface area (Å²) in [5.74, 6) is 1.62. The molecule has 6 heteroatoms. The Morgan fingerprint density at radius 3 is 2.83 bits per heavy atom. The van der Waals surface area contributed by atoms with Crippen LogP contribution in [0.3, 0.4) is 0 Å². The van der Waals surface area contributed by atoms with E-state index in [2.05, 4.69) is 5.10 Å². The number of aromatic nitrogens is 3. The molecule has 2 atom stereocenters. The normalized spacial score (nSPS) is 27.4. The maximum absolute atomic E-state index is 12.8. The van der Waals surface area contributed by atoms with E-state index in [0.717, 1.165) is 57.4 Å². The van der Waals surface area contributed by atoms with Crippen molar-refractivity contribution in [3.8, 4) is 0 Å². The lowest BCUT2D eigenvalue weighted by Crippen LogP contribution is -2.48. The second-order valence-corrected chi connectivity index (χ2v) is 7.31. The average Bonchev–Trinajstić information content (AvgIpc) is 3.06. The molecule has 1 aromatic rings. The zero-order valence-corrected chi connectivity index (χ0v) is 13.7. The second-order valence-electron chi connectivity index (χ2n) is 7.31. The topological polar surface area (TPSA) is 60.1 Å². The van der Waals surface area contributed by atoms with Gasteiger partial charge in [0.2, 0.25) is 5.91 Å². The minimum atomic E-state index is -0.102. The Morgan fingerprint density at radius 2 is 1.91 bits per heavy atom. The van der Waals surface area contributed by atoms with Gasteiger partial charge >= 0.3 is 5.69 Å². The monoisotopic (exact) mass is 318 g/mol. The van der Waals surface area contributed by atoms with Crippen LogP contribution in [0.15, 0.2) is 4.79 Å². The summed E-state index contributed by atoms with van der Waals surface area (Å²) in [6.45, 7) is 1.71. The summed E-state index contributed by atoms with van der Waals surface area (Å²) in [6, 6.07) is 0.410. The molecular formula is C17H26N4O2. The molecule has 1 amide bonds. The number of hydrogen-bond donors (Lipinski definition) is 0. The molecule has 3 heterocycles. The summed E-state index contributed by atoms with van der Waals surface area (Å²) in [4.78, 5) is 27.3. The van der Waals surface area contributed by atoms with Crippen LogP contribution in [0, 0.1) is 5.92 Å². The number of hydrogen-bond acceptors (Lipinski definition) is 3. The summed E-state index contributed by atoms with van der Waals surface area (Å²) in [5, 5.41) is 4.45. The Bertz CT molecular complexity index is 648. The highest BCUT2D eigenvalue weighted by Crippen LogP contribution is 2.36. The minimum Gasteiger partial charge on any atom is -0.338 e. The van der Waals surface area contributed by atoms with Crippen molar-refractivity contribution in [1.82, 2.24) is 19.2 Å². The zero-order chi connectivity index (χ0) is 15.8. The molecule has 1 aliphatic carbocycles. The van der Waals surface area contributed by atoms with Crippen molar-refractivity contribution in [3.05, 3.63) is 16.3 Å². The van der Waals surface area contributed by atoms with Gasteiger partial charge in [-0.1, -0.05) is 12.8 Å². The largest absolute Gasteiger partial charge is 0.346 e. The van der Waals surface area contributed by atoms with Gasteiger partial charge in [0.1, 0.15) is 12.4 Å². The standard InChI is InChI=1S/C17H26N4O2/c22-16(19-11-5-7-13-6-4-8-14(13)19)12-21-17(23)20-10-3-1-2-9-15(20)18-21/h13-14H,1-12H2/t13-,14+/m1/s1. The maximum Gasteiger partial charge on any atom is 0.346 e. The van der Waals surface area contributed by atoms with Crippen LogP contribution in [-0.4, -0.2) is 37.7 Å². The summed E-state index contributed by atoms with van der Waals surface area (Å²) in [6.07, 6.45) is 10.1. The second kappa shape index (κ2) is 6.13. The predicted octanol–water partition coefficient (Wildman–Crippen LogP) is 1.56. The summed E-state index contributed by atoms with van der Waals surface area (Å²) < 4.78 is 3.18. The van der Waals surface area contributed by atoms with E-state index < -0.39 is 0 Å². The molecule has 6 nitrogen and oxygen atoms in total. The number of likely N-dealkylation sites (tertiary alicyclic amines) is 1. The zero-order valence-electron chi connectivity index (χ0n) is 13.7. The van der Waals surface area contributed by atoms with Gasteiger partial charge in [-0.15, -0.1) is 0 Å². The van der Waals surface area contributed by atoms with E-state index in [1.165, 1.54) is 23.9 Å². The van der Waals surface area contributed by atoms with Gasteiger partial charge in [-0.3, -0.25) is 9.36 Å². The first-order chi connectivity index (χ1) is 11.2. The Hall–Kier alpha value is -1.59. The minimum absolute atomic E-state index is 0.0805. The van der Waals surface area contributed by atoms with Crippen LogP contribution in [0.1, 0.15) is 57.2 Å². The fraction of sp³-hybridized carbons (Fsp3) is 0.824. The lowest BCUT2D eigenvalue weighted by molar-refractivity contribution is -0.136. The van der Waals surface area contributed by atoms with Gasteiger partial charge in [0.25, 0.3) is 0 Å². The lowest BCUT2D eigenvalue weighted by atomic mass is 9.92.